The van der Waals surface area contributed by atoms with Crippen molar-refractivity contribution in [1.29, 1.82) is 0 Å². The third kappa shape index (κ3) is 2.96. The molecular formula is C14H19N5O. The minimum atomic E-state index is 0.517. The number of anilines is 1. The van der Waals surface area contributed by atoms with Gasteiger partial charge in [0.2, 0.25) is 0 Å². The molecule has 106 valence electrons. The van der Waals surface area contributed by atoms with Crippen LogP contribution in [0.3, 0.4) is 0 Å². The standard InChI is InChI=1S/C14H19N5O/c1-10-18-14(20-19-10)12-3-2-6-16-13(12)17-9-11-4-7-15-8-5-11/h2-3,6,11,15H,4-5,7-9H2,1H3,(H,16,17). The molecule has 0 spiro atoms. The Bertz CT molecular complexity index is 562. The van der Waals surface area contributed by atoms with Gasteiger partial charge in [-0.15, -0.1) is 0 Å². The summed E-state index contributed by atoms with van der Waals surface area (Å²) in [4.78, 5) is 8.66. The number of piperidine rings is 1. The SMILES string of the molecule is Cc1noc(-c2cccnc2NCC2CCNCC2)n1. The number of hydrogen-bond acceptors (Lipinski definition) is 6. The highest BCUT2D eigenvalue weighted by Gasteiger charge is 2.16. The van der Waals surface area contributed by atoms with E-state index in [1.807, 2.05) is 19.1 Å². The van der Waals surface area contributed by atoms with Gasteiger partial charge in [-0.25, -0.2) is 4.98 Å². The predicted octanol–water partition coefficient (Wildman–Crippen LogP) is 1.85. The molecule has 1 saturated heterocycles. The van der Waals surface area contributed by atoms with Crippen LogP contribution in [0.1, 0.15) is 18.7 Å². The van der Waals surface area contributed by atoms with Crippen LogP contribution in [-0.2, 0) is 0 Å². The second kappa shape index (κ2) is 6.00. The van der Waals surface area contributed by atoms with Gasteiger partial charge in [-0.3, -0.25) is 0 Å². The molecule has 0 aliphatic carbocycles. The van der Waals surface area contributed by atoms with Crippen molar-refractivity contribution in [2.24, 2.45) is 5.92 Å². The lowest BCUT2D eigenvalue weighted by Crippen LogP contribution is -2.31. The van der Waals surface area contributed by atoms with Crippen LogP contribution in [0.2, 0.25) is 0 Å². The molecule has 0 atom stereocenters. The molecule has 0 bridgehead atoms. The number of nitrogens with zero attached hydrogens (tertiary/aromatic N) is 3. The summed E-state index contributed by atoms with van der Waals surface area (Å²) in [5, 5.41) is 10.6. The van der Waals surface area contributed by atoms with Crippen LogP contribution >= 0.6 is 0 Å². The molecule has 2 N–H and O–H groups in total. The van der Waals surface area contributed by atoms with Crippen molar-refractivity contribution in [2.75, 3.05) is 25.0 Å². The molecule has 2 aromatic heterocycles. The maximum absolute atomic E-state index is 5.23. The van der Waals surface area contributed by atoms with E-state index in [-0.39, 0.29) is 0 Å². The van der Waals surface area contributed by atoms with Crippen LogP contribution in [0.4, 0.5) is 5.82 Å². The highest BCUT2D eigenvalue weighted by molar-refractivity contribution is 5.68. The molecule has 0 saturated carbocycles. The highest BCUT2D eigenvalue weighted by atomic mass is 16.5. The topological polar surface area (TPSA) is 75.9 Å². The summed E-state index contributed by atoms with van der Waals surface area (Å²) in [6.07, 6.45) is 4.18. The first-order valence-corrected chi connectivity index (χ1v) is 7.03. The maximum Gasteiger partial charge on any atom is 0.261 e. The van der Waals surface area contributed by atoms with Crippen LogP contribution in [0.25, 0.3) is 11.5 Å². The Morgan fingerprint density at radius 2 is 2.25 bits per heavy atom. The van der Waals surface area contributed by atoms with Gasteiger partial charge in [0, 0.05) is 12.7 Å². The van der Waals surface area contributed by atoms with E-state index in [0.717, 1.165) is 31.0 Å². The van der Waals surface area contributed by atoms with Crippen molar-refractivity contribution >= 4 is 5.82 Å². The number of aryl methyl sites for hydroxylation is 1. The Balaban J connectivity index is 1.72. The molecule has 2 aromatic rings. The van der Waals surface area contributed by atoms with E-state index in [2.05, 4.69) is 25.8 Å². The Kier molecular flexibility index (Phi) is 3.92. The normalized spacial score (nSPS) is 16.2. The van der Waals surface area contributed by atoms with Crippen molar-refractivity contribution in [3.63, 3.8) is 0 Å². The lowest BCUT2D eigenvalue weighted by Gasteiger charge is -2.23. The van der Waals surface area contributed by atoms with Gasteiger partial charge in [-0.1, -0.05) is 5.16 Å². The van der Waals surface area contributed by atoms with Crippen molar-refractivity contribution in [1.82, 2.24) is 20.4 Å². The molecule has 0 unspecified atom stereocenters. The fraction of sp³-hybridized carbons (Fsp3) is 0.500. The summed E-state index contributed by atoms with van der Waals surface area (Å²) < 4.78 is 5.23. The fourth-order valence-electron chi connectivity index (χ4n) is 2.45. The van der Waals surface area contributed by atoms with Crippen molar-refractivity contribution in [3.05, 3.63) is 24.2 Å². The molecule has 1 aliphatic rings. The first kappa shape index (κ1) is 13.1. The van der Waals surface area contributed by atoms with Gasteiger partial charge in [0.15, 0.2) is 5.82 Å². The molecule has 0 radical (unpaired) electrons. The largest absolute Gasteiger partial charge is 0.369 e. The van der Waals surface area contributed by atoms with Gasteiger partial charge in [0.1, 0.15) is 5.82 Å². The van der Waals surface area contributed by atoms with Gasteiger partial charge in [-0.2, -0.15) is 4.98 Å². The number of rotatable bonds is 4. The van der Waals surface area contributed by atoms with Crippen molar-refractivity contribution in [2.45, 2.75) is 19.8 Å². The highest BCUT2D eigenvalue weighted by Crippen LogP contribution is 2.24. The molecule has 0 aromatic carbocycles. The van der Waals surface area contributed by atoms with Gasteiger partial charge in [-0.05, 0) is 50.9 Å². The molecule has 0 amide bonds. The van der Waals surface area contributed by atoms with E-state index in [9.17, 15) is 0 Å². The fourth-order valence-corrected chi connectivity index (χ4v) is 2.45. The zero-order valence-corrected chi connectivity index (χ0v) is 11.6. The maximum atomic E-state index is 5.23. The number of hydrogen-bond donors (Lipinski definition) is 2. The zero-order chi connectivity index (χ0) is 13.8. The molecule has 3 heterocycles. The average molecular weight is 273 g/mol. The minimum Gasteiger partial charge on any atom is -0.369 e. The molecular weight excluding hydrogens is 254 g/mol. The Morgan fingerprint density at radius 3 is 3.00 bits per heavy atom. The first-order chi connectivity index (χ1) is 9.83. The molecule has 1 fully saturated rings. The van der Waals surface area contributed by atoms with Crippen molar-refractivity contribution < 1.29 is 4.52 Å². The molecule has 1 aliphatic heterocycles. The Labute approximate surface area is 118 Å². The summed E-state index contributed by atoms with van der Waals surface area (Å²) in [6, 6.07) is 3.83. The lowest BCUT2D eigenvalue weighted by molar-refractivity contribution is 0.389. The third-order valence-corrected chi connectivity index (χ3v) is 3.58. The molecule has 3 rings (SSSR count). The summed E-state index contributed by atoms with van der Waals surface area (Å²) in [5.74, 6) is 2.65. The van der Waals surface area contributed by atoms with E-state index in [1.54, 1.807) is 6.20 Å². The summed E-state index contributed by atoms with van der Waals surface area (Å²) in [5.41, 5.74) is 0.863. The number of pyridine rings is 1. The molecule has 20 heavy (non-hydrogen) atoms. The van der Waals surface area contributed by atoms with Crippen molar-refractivity contribution in [3.8, 4) is 11.5 Å². The van der Waals surface area contributed by atoms with Gasteiger partial charge < -0.3 is 15.2 Å². The Hall–Kier alpha value is -1.95. The van der Waals surface area contributed by atoms with Gasteiger partial charge in [0.25, 0.3) is 5.89 Å². The first-order valence-electron chi connectivity index (χ1n) is 7.03. The zero-order valence-electron chi connectivity index (χ0n) is 11.6. The third-order valence-electron chi connectivity index (χ3n) is 3.58. The smallest absolute Gasteiger partial charge is 0.261 e. The van der Waals surface area contributed by atoms with Crippen LogP contribution in [0.15, 0.2) is 22.9 Å². The second-order valence-electron chi connectivity index (χ2n) is 5.12. The number of aromatic nitrogens is 3. The van der Waals surface area contributed by atoms with E-state index >= 15 is 0 Å². The van der Waals surface area contributed by atoms with E-state index in [4.69, 9.17) is 4.52 Å². The molecule has 6 heteroatoms. The van der Waals surface area contributed by atoms with E-state index in [0.29, 0.717) is 17.6 Å². The van der Waals surface area contributed by atoms with Gasteiger partial charge in [0.05, 0.1) is 5.56 Å². The summed E-state index contributed by atoms with van der Waals surface area (Å²) in [7, 11) is 0. The lowest BCUT2D eigenvalue weighted by atomic mass is 9.98. The van der Waals surface area contributed by atoms with Crippen LogP contribution in [-0.4, -0.2) is 34.8 Å². The number of nitrogens with one attached hydrogen (secondary N) is 2. The van der Waals surface area contributed by atoms with E-state index < -0.39 is 0 Å². The predicted molar refractivity (Wildman–Crippen MR) is 76.3 cm³/mol. The van der Waals surface area contributed by atoms with E-state index in [1.165, 1.54) is 12.8 Å². The average Bonchev–Trinajstić information content (AvgIpc) is 2.93. The van der Waals surface area contributed by atoms with Gasteiger partial charge >= 0.3 is 0 Å². The van der Waals surface area contributed by atoms with Crippen LogP contribution in [0.5, 0.6) is 0 Å². The summed E-state index contributed by atoms with van der Waals surface area (Å²) >= 11 is 0. The Morgan fingerprint density at radius 1 is 1.40 bits per heavy atom. The second-order valence-corrected chi connectivity index (χ2v) is 5.12. The summed E-state index contributed by atoms with van der Waals surface area (Å²) in [6.45, 7) is 4.94. The van der Waals surface area contributed by atoms with Crippen LogP contribution in [0, 0.1) is 12.8 Å². The minimum absolute atomic E-state index is 0.517. The monoisotopic (exact) mass is 273 g/mol. The molecule has 6 nitrogen and oxygen atoms in total. The quantitative estimate of drug-likeness (QED) is 0.885. The van der Waals surface area contributed by atoms with Crippen LogP contribution < -0.4 is 10.6 Å².